The van der Waals surface area contributed by atoms with Crippen molar-refractivity contribution in [3.63, 3.8) is 0 Å². The van der Waals surface area contributed by atoms with Crippen molar-refractivity contribution in [3.05, 3.63) is 59.7 Å². The second-order valence-corrected chi connectivity index (χ2v) is 5.41. The number of hydrogen-bond donors (Lipinski definition) is 1. The van der Waals surface area contributed by atoms with Crippen LogP contribution in [-0.2, 0) is 9.59 Å². The molecule has 2 aromatic carbocycles. The first-order valence-corrected chi connectivity index (χ1v) is 7.37. The molecule has 0 spiro atoms. The molecule has 0 saturated carbocycles. The molecule has 1 aliphatic heterocycles. The summed E-state index contributed by atoms with van der Waals surface area (Å²) in [6, 6.07) is 14.7. The Bertz CT molecular complexity index is 784. The number of benzodiazepines with no additional fused rings is 1. The fourth-order valence-corrected chi connectivity index (χ4v) is 2.72. The number of likely N-dealkylation sites (N-methyl/N-ethyl adjacent to an activating group) is 1. The van der Waals surface area contributed by atoms with Crippen molar-refractivity contribution in [2.45, 2.75) is 13.0 Å². The van der Waals surface area contributed by atoms with Gasteiger partial charge in [0.15, 0.2) is 0 Å². The summed E-state index contributed by atoms with van der Waals surface area (Å²) in [5.41, 5.74) is 3.95. The van der Waals surface area contributed by atoms with Crippen LogP contribution < -0.4 is 10.2 Å². The molecule has 0 bridgehead atoms. The Morgan fingerprint density at radius 3 is 2.61 bits per heavy atom. The molecule has 2 aromatic rings. The number of hydrogen-bond acceptors (Lipinski definition) is 3. The highest BCUT2D eigenvalue weighted by molar-refractivity contribution is 6.20. The van der Waals surface area contributed by atoms with E-state index >= 15 is 0 Å². The number of amides is 2. The molecule has 0 saturated heterocycles. The highest BCUT2D eigenvalue weighted by Gasteiger charge is 2.27. The molecule has 1 N–H and O–H groups in total. The van der Waals surface area contributed by atoms with Crippen LogP contribution in [0.25, 0.3) is 0 Å². The van der Waals surface area contributed by atoms with Gasteiger partial charge < -0.3 is 10.2 Å². The number of anilines is 2. The Labute approximate surface area is 134 Å². The fourth-order valence-electron chi connectivity index (χ4n) is 2.72. The number of carbonyl (C=O) groups is 2. The van der Waals surface area contributed by atoms with E-state index in [1.807, 2.05) is 42.5 Å². The average molecular weight is 307 g/mol. The molecule has 5 nitrogen and oxygen atoms in total. The van der Waals surface area contributed by atoms with E-state index in [1.165, 1.54) is 0 Å². The lowest BCUT2D eigenvalue weighted by Gasteiger charge is -2.19. The number of rotatable bonds is 3. The van der Waals surface area contributed by atoms with Crippen LogP contribution >= 0.6 is 0 Å². The maximum absolute atomic E-state index is 12.4. The Morgan fingerprint density at radius 2 is 1.91 bits per heavy atom. The number of nitrogens with zero attached hydrogens (tertiary/aromatic N) is 2. The van der Waals surface area contributed by atoms with Crippen LogP contribution in [0.1, 0.15) is 18.1 Å². The Hall–Kier alpha value is -2.95. The lowest BCUT2D eigenvalue weighted by atomic mass is 9.99. The van der Waals surface area contributed by atoms with Crippen LogP contribution in [0.2, 0.25) is 0 Å². The van der Waals surface area contributed by atoms with E-state index in [0.717, 1.165) is 22.5 Å². The van der Waals surface area contributed by atoms with Gasteiger partial charge in [0.25, 0.3) is 5.91 Å². The van der Waals surface area contributed by atoms with Gasteiger partial charge in [-0.2, -0.15) is 0 Å². The molecule has 0 fully saturated rings. The minimum atomic E-state index is -0.468. The van der Waals surface area contributed by atoms with Crippen molar-refractivity contribution in [3.8, 4) is 0 Å². The van der Waals surface area contributed by atoms with Gasteiger partial charge >= 0.3 is 0 Å². The largest absolute Gasteiger partial charge is 0.329 e. The average Bonchev–Trinajstić information content (AvgIpc) is 2.67. The second kappa shape index (κ2) is 6.04. The van der Waals surface area contributed by atoms with Gasteiger partial charge in [-0.1, -0.05) is 30.3 Å². The van der Waals surface area contributed by atoms with Crippen LogP contribution in [0.4, 0.5) is 11.4 Å². The first kappa shape index (κ1) is 15.0. The molecule has 3 rings (SSSR count). The lowest BCUT2D eigenvalue weighted by molar-refractivity contribution is -0.119. The number of aliphatic imine (C=N–C) groups is 1. The van der Waals surface area contributed by atoms with E-state index < -0.39 is 6.04 Å². The highest BCUT2D eigenvalue weighted by atomic mass is 16.2. The molecule has 1 heterocycles. The van der Waals surface area contributed by atoms with E-state index in [-0.39, 0.29) is 5.91 Å². The van der Waals surface area contributed by atoms with Gasteiger partial charge in [-0.15, -0.1) is 0 Å². The zero-order chi connectivity index (χ0) is 16.4. The van der Waals surface area contributed by atoms with Gasteiger partial charge in [0.2, 0.25) is 6.41 Å². The van der Waals surface area contributed by atoms with Crippen LogP contribution in [0.3, 0.4) is 0 Å². The Balaban J connectivity index is 2.24. The number of fused-ring (bicyclic) bond motifs is 1. The normalized spacial score (nSPS) is 17.1. The van der Waals surface area contributed by atoms with E-state index in [0.29, 0.717) is 12.1 Å². The summed E-state index contributed by atoms with van der Waals surface area (Å²) in [6.07, 6.45) is 0.634. The van der Waals surface area contributed by atoms with Crippen molar-refractivity contribution >= 4 is 29.4 Å². The Kier molecular flexibility index (Phi) is 3.93. The first-order valence-electron chi connectivity index (χ1n) is 7.37. The van der Waals surface area contributed by atoms with Gasteiger partial charge in [0.1, 0.15) is 6.04 Å². The number of nitrogens with one attached hydrogen (secondary N) is 1. The molecule has 23 heavy (non-hydrogen) atoms. The van der Waals surface area contributed by atoms with Gasteiger partial charge in [-0.3, -0.25) is 14.6 Å². The molecule has 0 aliphatic carbocycles. The molecule has 0 unspecified atom stereocenters. The Morgan fingerprint density at radius 1 is 1.17 bits per heavy atom. The quantitative estimate of drug-likeness (QED) is 0.885. The second-order valence-electron chi connectivity index (χ2n) is 5.41. The lowest BCUT2D eigenvalue weighted by Crippen LogP contribution is -2.32. The molecule has 0 aromatic heterocycles. The van der Waals surface area contributed by atoms with Crippen LogP contribution in [-0.4, -0.2) is 31.1 Å². The molecule has 5 heteroatoms. The molecule has 1 atom stereocenters. The van der Waals surface area contributed by atoms with Crippen molar-refractivity contribution in [1.82, 2.24) is 0 Å². The predicted molar refractivity (Wildman–Crippen MR) is 91.1 cm³/mol. The van der Waals surface area contributed by atoms with Crippen LogP contribution in [0.5, 0.6) is 0 Å². The summed E-state index contributed by atoms with van der Waals surface area (Å²) in [4.78, 5) is 29.4. The zero-order valence-electron chi connectivity index (χ0n) is 13.0. The summed E-state index contributed by atoms with van der Waals surface area (Å²) < 4.78 is 0. The van der Waals surface area contributed by atoms with Gasteiger partial charge in [-0.05, 0) is 25.1 Å². The monoisotopic (exact) mass is 307 g/mol. The highest BCUT2D eigenvalue weighted by Crippen LogP contribution is 2.30. The summed E-state index contributed by atoms with van der Waals surface area (Å²) in [5.74, 6) is -0.0618. The van der Waals surface area contributed by atoms with Gasteiger partial charge in [0, 0.05) is 23.9 Å². The maximum Gasteiger partial charge on any atom is 0.251 e. The molecule has 2 amide bonds. The zero-order valence-corrected chi connectivity index (χ0v) is 13.0. The van der Waals surface area contributed by atoms with E-state index in [4.69, 9.17) is 0 Å². The molecular formula is C18H17N3O2. The number of benzene rings is 2. The topological polar surface area (TPSA) is 61.8 Å². The van der Waals surface area contributed by atoms with Crippen molar-refractivity contribution in [2.24, 2.45) is 4.99 Å². The SMILES string of the molecule is C[C@@H]1N=C(c2ccccc2)c2cc(NC=O)ccc2N(C)C1=O. The van der Waals surface area contributed by atoms with Crippen molar-refractivity contribution < 1.29 is 9.59 Å². The van der Waals surface area contributed by atoms with Crippen LogP contribution in [0, 0.1) is 0 Å². The standard InChI is InChI=1S/C18H17N3O2/c1-12-18(23)21(2)16-9-8-14(19-11-22)10-15(16)17(20-12)13-6-4-3-5-7-13/h3-12H,1-2H3,(H,19,22)/t12-/m0/s1. The van der Waals surface area contributed by atoms with Crippen molar-refractivity contribution in [2.75, 3.05) is 17.3 Å². The molecule has 1 aliphatic rings. The number of carbonyl (C=O) groups excluding carboxylic acids is 2. The smallest absolute Gasteiger partial charge is 0.251 e. The van der Waals surface area contributed by atoms with E-state index in [9.17, 15) is 9.59 Å². The predicted octanol–water partition coefficient (Wildman–Crippen LogP) is 2.46. The van der Waals surface area contributed by atoms with Crippen LogP contribution in [0.15, 0.2) is 53.5 Å². The minimum Gasteiger partial charge on any atom is -0.329 e. The molecule has 116 valence electrons. The van der Waals surface area contributed by atoms with E-state index in [1.54, 1.807) is 24.9 Å². The van der Waals surface area contributed by atoms with Gasteiger partial charge in [-0.25, -0.2) is 0 Å². The minimum absolute atomic E-state index is 0.0618. The summed E-state index contributed by atoms with van der Waals surface area (Å²) in [5, 5.41) is 2.65. The fraction of sp³-hybridized carbons (Fsp3) is 0.167. The van der Waals surface area contributed by atoms with Gasteiger partial charge in [0.05, 0.1) is 11.4 Å². The molecule has 0 radical (unpaired) electrons. The maximum atomic E-state index is 12.4. The van der Waals surface area contributed by atoms with E-state index in [2.05, 4.69) is 10.3 Å². The summed E-state index contributed by atoms with van der Waals surface area (Å²) >= 11 is 0. The third-order valence-electron chi connectivity index (χ3n) is 3.90. The summed E-state index contributed by atoms with van der Waals surface area (Å²) in [6.45, 7) is 1.79. The molecular weight excluding hydrogens is 290 g/mol. The third-order valence-corrected chi connectivity index (χ3v) is 3.90. The summed E-state index contributed by atoms with van der Waals surface area (Å²) in [7, 11) is 1.74. The third kappa shape index (κ3) is 2.73. The van der Waals surface area contributed by atoms with Crippen molar-refractivity contribution in [1.29, 1.82) is 0 Å². The first-order chi connectivity index (χ1) is 11.1.